The van der Waals surface area contributed by atoms with Gasteiger partial charge in [-0.15, -0.1) is 11.3 Å². The molecule has 1 aliphatic rings. The van der Waals surface area contributed by atoms with Gasteiger partial charge in [-0.2, -0.15) is 0 Å². The molecule has 7 nitrogen and oxygen atoms in total. The first-order valence-corrected chi connectivity index (χ1v) is 7.63. The van der Waals surface area contributed by atoms with Gasteiger partial charge in [0.25, 0.3) is 0 Å². The Morgan fingerprint density at radius 1 is 1.43 bits per heavy atom. The summed E-state index contributed by atoms with van der Waals surface area (Å²) in [4.78, 5) is 29.9. The second kappa shape index (κ2) is 6.30. The van der Waals surface area contributed by atoms with Crippen molar-refractivity contribution in [3.63, 3.8) is 0 Å². The van der Waals surface area contributed by atoms with Crippen molar-refractivity contribution < 1.29 is 14.7 Å². The number of carboxylic acid groups (broad SMARTS) is 1. The predicted molar refractivity (Wildman–Crippen MR) is 79.2 cm³/mol. The normalized spacial score (nSPS) is 17.2. The van der Waals surface area contributed by atoms with Crippen molar-refractivity contribution in [2.45, 2.75) is 25.2 Å². The standard InChI is InChI=1S/C13H20N4O3S/c1-15-12-16(2)9(7-10(14)18)11(21-12)8-3-5-17(6-4-8)13(19)20/h8H,3-7H2,1-2H3,(H2,14,18)(H,19,20). The lowest BCUT2D eigenvalue weighted by molar-refractivity contribution is -0.117. The largest absolute Gasteiger partial charge is 0.465 e. The van der Waals surface area contributed by atoms with Crippen LogP contribution in [0.5, 0.6) is 0 Å². The molecule has 0 unspecified atom stereocenters. The van der Waals surface area contributed by atoms with Crippen LogP contribution in [0.25, 0.3) is 0 Å². The third-order valence-electron chi connectivity index (χ3n) is 3.85. The number of nitrogens with two attached hydrogens (primary N) is 1. The fraction of sp³-hybridized carbons (Fsp3) is 0.615. The highest BCUT2D eigenvalue weighted by Crippen LogP contribution is 2.32. The molecule has 1 aliphatic heterocycles. The Labute approximate surface area is 126 Å². The first kappa shape index (κ1) is 15.6. The van der Waals surface area contributed by atoms with Gasteiger partial charge in [-0.1, -0.05) is 0 Å². The Morgan fingerprint density at radius 2 is 2.05 bits per heavy atom. The molecule has 0 atom stereocenters. The number of hydrogen-bond donors (Lipinski definition) is 2. The van der Waals surface area contributed by atoms with Gasteiger partial charge in [0.1, 0.15) is 0 Å². The van der Waals surface area contributed by atoms with Crippen LogP contribution in [-0.2, 0) is 18.3 Å². The van der Waals surface area contributed by atoms with E-state index in [2.05, 4.69) is 4.99 Å². The first-order valence-electron chi connectivity index (χ1n) is 6.81. The molecule has 8 heteroatoms. The average Bonchev–Trinajstić information content (AvgIpc) is 2.75. The molecular weight excluding hydrogens is 292 g/mol. The molecule has 0 bridgehead atoms. The molecule has 0 radical (unpaired) electrons. The maximum atomic E-state index is 11.3. The lowest BCUT2D eigenvalue weighted by atomic mass is 9.93. The van der Waals surface area contributed by atoms with Crippen LogP contribution in [0.4, 0.5) is 4.79 Å². The van der Waals surface area contributed by atoms with Crippen molar-refractivity contribution in [1.29, 1.82) is 0 Å². The summed E-state index contributed by atoms with van der Waals surface area (Å²) in [5, 5.41) is 9.00. The summed E-state index contributed by atoms with van der Waals surface area (Å²) in [6.07, 6.45) is 0.854. The Bertz CT molecular complexity index is 611. The van der Waals surface area contributed by atoms with E-state index in [4.69, 9.17) is 10.8 Å². The van der Waals surface area contributed by atoms with Crippen LogP contribution in [0, 0.1) is 0 Å². The number of primary amides is 1. The Morgan fingerprint density at radius 3 is 2.52 bits per heavy atom. The lowest BCUT2D eigenvalue weighted by Gasteiger charge is -2.29. The molecule has 21 heavy (non-hydrogen) atoms. The van der Waals surface area contributed by atoms with Gasteiger partial charge in [0, 0.05) is 37.8 Å². The number of likely N-dealkylation sites (tertiary alicyclic amines) is 1. The molecule has 2 rings (SSSR count). The van der Waals surface area contributed by atoms with E-state index in [1.165, 1.54) is 4.90 Å². The minimum Gasteiger partial charge on any atom is -0.465 e. The summed E-state index contributed by atoms with van der Waals surface area (Å²) in [5.41, 5.74) is 6.24. The Hall–Kier alpha value is -1.83. The van der Waals surface area contributed by atoms with E-state index in [0.717, 1.165) is 28.2 Å². The van der Waals surface area contributed by atoms with E-state index >= 15 is 0 Å². The lowest BCUT2D eigenvalue weighted by Crippen LogP contribution is -2.36. The first-order chi connectivity index (χ1) is 9.93. The number of thiazole rings is 1. The molecule has 0 aliphatic carbocycles. The van der Waals surface area contributed by atoms with E-state index in [9.17, 15) is 9.59 Å². The molecule has 0 aromatic carbocycles. The van der Waals surface area contributed by atoms with Crippen molar-refractivity contribution in [1.82, 2.24) is 9.47 Å². The molecule has 3 N–H and O–H groups in total. The molecule has 1 saturated heterocycles. The summed E-state index contributed by atoms with van der Waals surface area (Å²) in [7, 11) is 3.60. The van der Waals surface area contributed by atoms with Crippen molar-refractivity contribution in [3.05, 3.63) is 15.4 Å². The summed E-state index contributed by atoms with van der Waals surface area (Å²) in [6, 6.07) is 0. The van der Waals surface area contributed by atoms with Crippen LogP contribution in [0.1, 0.15) is 29.3 Å². The second-order valence-electron chi connectivity index (χ2n) is 5.17. The number of amides is 2. The highest BCUT2D eigenvalue weighted by molar-refractivity contribution is 7.09. The maximum absolute atomic E-state index is 11.3. The smallest absolute Gasteiger partial charge is 0.407 e. The van der Waals surface area contributed by atoms with Gasteiger partial charge < -0.3 is 20.3 Å². The molecule has 0 saturated carbocycles. The zero-order chi connectivity index (χ0) is 15.6. The minimum absolute atomic E-state index is 0.191. The van der Waals surface area contributed by atoms with Gasteiger partial charge in [0.2, 0.25) is 5.91 Å². The van der Waals surface area contributed by atoms with Crippen LogP contribution in [0.2, 0.25) is 0 Å². The minimum atomic E-state index is -0.869. The van der Waals surface area contributed by atoms with Crippen molar-refractivity contribution >= 4 is 23.3 Å². The van der Waals surface area contributed by atoms with Gasteiger partial charge >= 0.3 is 6.09 Å². The van der Waals surface area contributed by atoms with Gasteiger partial charge in [-0.3, -0.25) is 9.79 Å². The summed E-state index contributed by atoms with van der Waals surface area (Å²) >= 11 is 1.57. The Kier molecular flexibility index (Phi) is 4.66. The number of rotatable bonds is 3. The third-order valence-corrected chi connectivity index (χ3v) is 5.27. The zero-order valence-corrected chi connectivity index (χ0v) is 13.0. The average molecular weight is 312 g/mol. The highest BCUT2D eigenvalue weighted by Gasteiger charge is 2.27. The number of hydrogen-bond acceptors (Lipinski definition) is 4. The number of nitrogens with zero attached hydrogens (tertiary/aromatic N) is 3. The van der Waals surface area contributed by atoms with Crippen LogP contribution >= 0.6 is 11.3 Å². The number of aromatic nitrogens is 1. The van der Waals surface area contributed by atoms with Crippen molar-refractivity contribution in [2.75, 3.05) is 20.1 Å². The number of carbonyl (C=O) groups excluding carboxylic acids is 1. The van der Waals surface area contributed by atoms with Gasteiger partial charge in [-0.25, -0.2) is 4.79 Å². The molecular formula is C13H20N4O3S. The SMILES string of the molecule is CN=c1sc(C2CCN(C(=O)O)CC2)c(CC(N)=O)n1C. The molecule has 0 spiro atoms. The van der Waals surface area contributed by atoms with Crippen LogP contribution in [-0.4, -0.2) is 46.7 Å². The molecule has 1 aromatic rings. The summed E-state index contributed by atoms with van der Waals surface area (Å²) in [5.74, 6) is -0.100. The topological polar surface area (TPSA) is 101 Å². The monoisotopic (exact) mass is 312 g/mol. The zero-order valence-electron chi connectivity index (χ0n) is 12.2. The fourth-order valence-corrected chi connectivity index (χ4v) is 3.99. The van der Waals surface area contributed by atoms with Gasteiger partial charge in [-0.05, 0) is 18.8 Å². The molecule has 2 amide bonds. The van der Waals surface area contributed by atoms with Crippen molar-refractivity contribution in [3.8, 4) is 0 Å². The van der Waals surface area contributed by atoms with Crippen LogP contribution in [0.3, 0.4) is 0 Å². The molecule has 2 heterocycles. The number of carbonyl (C=O) groups is 2. The van der Waals surface area contributed by atoms with E-state index < -0.39 is 6.09 Å². The van der Waals surface area contributed by atoms with Crippen molar-refractivity contribution in [2.24, 2.45) is 17.8 Å². The van der Waals surface area contributed by atoms with E-state index in [0.29, 0.717) is 13.1 Å². The Balaban J connectivity index is 2.28. The third kappa shape index (κ3) is 3.26. The predicted octanol–water partition coefficient (Wildman–Crippen LogP) is 0.502. The van der Waals surface area contributed by atoms with E-state index in [-0.39, 0.29) is 18.2 Å². The van der Waals surface area contributed by atoms with Gasteiger partial charge in [0.15, 0.2) is 4.80 Å². The molecule has 116 valence electrons. The van der Waals surface area contributed by atoms with Crippen LogP contribution < -0.4 is 10.5 Å². The molecule has 1 aromatic heterocycles. The van der Waals surface area contributed by atoms with Gasteiger partial charge in [0.05, 0.1) is 6.42 Å². The van der Waals surface area contributed by atoms with Crippen LogP contribution in [0.15, 0.2) is 4.99 Å². The quantitative estimate of drug-likeness (QED) is 0.850. The summed E-state index contributed by atoms with van der Waals surface area (Å²) < 4.78 is 1.91. The maximum Gasteiger partial charge on any atom is 0.407 e. The van der Waals surface area contributed by atoms with E-state index in [1.54, 1.807) is 18.4 Å². The molecule has 1 fully saturated rings. The summed E-state index contributed by atoms with van der Waals surface area (Å²) in [6.45, 7) is 1.05. The fourth-order valence-electron chi connectivity index (χ4n) is 2.72. The second-order valence-corrected chi connectivity index (χ2v) is 6.17. The van der Waals surface area contributed by atoms with E-state index in [1.807, 2.05) is 11.6 Å². The highest BCUT2D eigenvalue weighted by atomic mass is 32.1. The number of piperidine rings is 1.